The van der Waals surface area contributed by atoms with Crippen molar-refractivity contribution in [1.82, 2.24) is 4.98 Å². The fourth-order valence-electron chi connectivity index (χ4n) is 1.84. The maximum absolute atomic E-state index is 6.14. The van der Waals surface area contributed by atoms with Gasteiger partial charge in [0.25, 0.3) is 0 Å². The molecule has 0 fully saturated rings. The Labute approximate surface area is 108 Å². The molecule has 0 spiro atoms. The molecule has 0 aliphatic rings. The van der Waals surface area contributed by atoms with E-state index in [1.54, 1.807) is 6.20 Å². The molecule has 2 aromatic rings. The van der Waals surface area contributed by atoms with Crippen LogP contribution in [0.2, 0.25) is 0 Å². The molecule has 2 rings (SSSR count). The van der Waals surface area contributed by atoms with E-state index in [4.69, 9.17) is 10.5 Å². The van der Waals surface area contributed by atoms with E-state index in [2.05, 4.69) is 11.9 Å². The minimum absolute atomic E-state index is 0.0255. The van der Waals surface area contributed by atoms with Crippen LogP contribution in [0.3, 0.4) is 0 Å². The van der Waals surface area contributed by atoms with Gasteiger partial charge in [-0.3, -0.25) is 4.98 Å². The predicted octanol–water partition coefficient (Wildman–Crippen LogP) is 2.86. The SMILES string of the molecule is Cc1ccncc1C(N)CCOc1ccccc1. The summed E-state index contributed by atoms with van der Waals surface area (Å²) >= 11 is 0. The number of nitrogens with two attached hydrogens (primary N) is 1. The highest BCUT2D eigenvalue weighted by atomic mass is 16.5. The molecule has 0 saturated heterocycles. The summed E-state index contributed by atoms with van der Waals surface area (Å²) in [6.45, 7) is 2.66. The van der Waals surface area contributed by atoms with Crippen molar-refractivity contribution in [2.45, 2.75) is 19.4 Å². The summed E-state index contributed by atoms with van der Waals surface area (Å²) in [7, 11) is 0. The topological polar surface area (TPSA) is 48.1 Å². The van der Waals surface area contributed by atoms with E-state index in [-0.39, 0.29) is 6.04 Å². The largest absolute Gasteiger partial charge is 0.494 e. The summed E-state index contributed by atoms with van der Waals surface area (Å²) in [4.78, 5) is 4.11. The third kappa shape index (κ3) is 3.31. The van der Waals surface area contributed by atoms with Crippen molar-refractivity contribution in [3.05, 3.63) is 59.9 Å². The van der Waals surface area contributed by atoms with Crippen LogP contribution < -0.4 is 10.5 Å². The number of para-hydroxylation sites is 1. The van der Waals surface area contributed by atoms with Gasteiger partial charge in [-0.05, 0) is 36.2 Å². The molecule has 3 heteroatoms. The van der Waals surface area contributed by atoms with Crippen LogP contribution in [0.15, 0.2) is 48.8 Å². The van der Waals surface area contributed by atoms with Crippen LogP contribution >= 0.6 is 0 Å². The highest BCUT2D eigenvalue weighted by molar-refractivity contribution is 5.25. The minimum Gasteiger partial charge on any atom is -0.494 e. The number of pyridine rings is 1. The molecule has 0 amide bonds. The third-order valence-electron chi connectivity index (χ3n) is 2.92. The van der Waals surface area contributed by atoms with Crippen LogP contribution in [-0.2, 0) is 0 Å². The van der Waals surface area contributed by atoms with Gasteiger partial charge < -0.3 is 10.5 Å². The highest BCUT2D eigenvalue weighted by Gasteiger charge is 2.08. The molecule has 94 valence electrons. The molecule has 0 radical (unpaired) electrons. The number of rotatable bonds is 5. The number of ether oxygens (including phenoxy) is 1. The van der Waals surface area contributed by atoms with E-state index < -0.39 is 0 Å². The molecule has 0 aliphatic carbocycles. The Balaban J connectivity index is 1.86. The molecule has 2 N–H and O–H groups in total. The van der Waals surface area contributed by atoms with E-state index in [0.29, 0.717) is 6.61 Å². The Hall–Kier alpha value is -1.87. The molecule has 3 nitrogen and oxygen atoms in total. The van der Waals surface area contributed by atoms with Gasteiger partial charge in [0.15, 0.2) is 0 Å². The molecule has 0 bridgehead atoms. The van der Waals surface area contributed by atoms with Crippen molar-refractivity contribution in [2.75, 3.05) is 6.61 Å². The first-order valence-electron chi connectivity index (χ1n) is 6.11. The lowest BCUT2D eigenvalue weighted by Crippen LogP contribution is -2.15. The zero-order valence-electron chi connectivity index (χ0n) is 10.5. The van der Waals surface area contributed by atoms with Crippen molar-refractivity contribution < 1.29 is 4.74 Å². The monoisotopic (exact) mass is 242 g/mol. The van der Waals surface area contributed by atoms with Crippen molar-refractivity contribution >= 4 is 0 Å². The Morgan fingerprint density at radius 3 is 2.72 bits per heavy atom. The molecule has 18 heavy (non-hydrogen) atoms. The van der Waals surface area contributed by atoms with Gasteiger partial charge in [-0.1, -0.05) is 18.2 Å². The molecule has 0 aliphatic heterocycles. The van der Waals surface area contributed by atoms with Crippen LogP contribution in [0.25, 0.3) is 0 Å². The maximum Gasteiger partial charge on any atom is 0.119 e. The molecule has 1 heterocycles. The number of benzene rings is 1. The third-order valence-corrected chi connectivity index (χ3v) is 2.92. The second kappa shape index (κ2) is 6.17. The van der Waals surface area contributed by atoms with Crippen molar-refractivity contribution in [3.8, 4) is 5.75 Å². The van der Waals surface area contributed by atoms with Crippen LogP contribution in [-0.4, -0.2) is 11.6 Å². The first-order chi connectivity index (χ1) is 8.77. The summed E-state index contributed by atoms with van der Waals surface area (Å²) in [6, 6.07) is 11.7. The van der Waals surface area contributed by atoms with E-state index in [1.165, 1.54) is 5.56 Å². The quantitative estimate of drug-likeness (QED) is 0.877. The first-order valence-corrected chi connectivity index (χ1v) is 6.11. The van der Waals surface area contributed by atoms with Gasteiger partial charge >= 0.3 is 0 Å². The fraction of sp³-hybridized carbons (Fsp3) is 0.267. The Morgan fingerprint density at radius 2 is 2.00 bits per heavy atom. The van der Waals surface area contributed by atoms with Gasteiger partial charge in [-0.15, -0.1) is 0 Å². The molecular formula is C15H18N2O. The molecule has 1 unspecified atom stereocenters. The Bertz CT molecular complexity index is 485. The summed E-state index contributed by atoms with van der Waals surface area (Å²) in [5.74, 6) is 0.882. The smallest absolute Gasteiger partial charge is 0.119 e. The Morgan fingerprint density at radius 1 is 1.22 bits per heavy atom. The van der Waals surface area contributed by atoms with Crippen LogP contribution in [0.5, 0.6) is 5.75 Å². The van der Waals surface area contributed by atoms with E-state index >= 15 is 0 Å². The van der Waals surface area contributed by atoms with Gasteiger partial charge in [0.05, 0.1) is 6.61 Å². The standard InChI is InChI=1S/C15H18N2O/c1-12-7-9-17-11-14(12)15(16)8-10-18-13-5-3-2-4-6-13/h2-7,9,11,15H,8,10,16H2,1H3. The van der Waals surface area contributed by atoms with Crippen LogP contribution in [0.4, 0.5) is 0 Å². The maximum atomic E-state index is 6.14. The van der Waals surface area contributed by atoms with E-state index in [9.17, 15) is 0 Å². The number of aromatic nitrogens is 1. The second-order valence-electron chi connectivity index (χ2n) is 4.29. The number of hydrogen-bond acceptors (Lipinski definition) is 3. The van der Waals surface area contributed by atoms with Gasteiger partial charge in [0.2, 0.25) is 0 Å². The highest BCUT2D eigenvalue weighted by Crippen LogP contribution is 2.17. The molecule has 0 saturated carbocycles. The van der Waals surface area contributed by atoms with E-state index in [0.717, 1.165) is 17.7 Å². The van der Waals surface area contributed by atoms with Gasteiger partial charge in [-0.25, -0.2) is 0 Å². The average Bonchev–Trinajstić information content (AvgIpc) is 2.40. The van der Waals surface area contributed by atoms with Crippen LogP contribution in [0, 0.1) is 6.92 Å². The summed E-state index contributed by atoms with van der Waals surface area (Å²) in [5.41, 5.74) is 8.41. The average molecular weight is 242 g/mol. The first kappa shape index (κ1) is 12.6. The van der Waals surface area contributed by atoms with Crippen LogP contribution in [0.1, 0.15) is 23.6 Å². The minimum atomic E-state index is -0.0255. The number of aryl methyl sites for hydroxylation is 1. The normalized spacial score (nSPS) is 12.1. The van der Waals surface area contributed by atoms with Crippen molar-refractivity contribution in [1.29, 1.82) is 0 Å². The van der Waals surface area contributed by atoms with Gasteiger partial charge in [0, 0.05) is 24.9 Å². The Kier molecular flexibility index (Phi) is 4.31. The summed E-state index contributed by atoms with van der Waals surface area (Å²) in [6.07, 6.45) is 4.40. The molecule has 1 aromatic heterocycles. The summed E-state index contributed by atoms with van der Waals surface area (Å²) in [5, 5.41) is 0. The lowest BCUT2D eigenvalue weighted by Gasteiger charge is -2.14. The molecule has 1 aromatic carbocycles. The summed E-state index contributed by atoms with van der Waals surface area (Å²) < 4.78 is 5.64. The predicted molar refractivity (Wildman–Crippen MR) is 72.5 cm³/mol. The number of nitrogens with zero attached hydrogens (tertiary/aromatic N) is 1. The molecular weight excluding hydrogens is 224 g/mol. The van der Waals surface area contributed by atoms with Gasteiger partial charge in [-0.2, -0.15) is 0 Å². The lowest BCUT2D eigenvalue weighted by molar-refractivity contribution is 0.298. The lowest BCUT2D eigenvalue weighted by atomic mass is 10.0. The van der Waals surface area contributed by atoms with E-state index in [1.807, 2.05) is 42.6 Å². The zero-order valence-corrected chi connectivity index (χ0v) is 10.5. The number of hydrogen-bond donors (Lipinski definition) is 1. The molecule has 1 atom stereocenters. The fourth-order valence-corrected chi connectivity index (χ4v) is 1.84. The second-order valence-corrected chi connectivity index (χ2v) is 4.29. The van der Waals surface area contributed by atoms with Gasteiger partial charge in [0.1, 0.15) is 5.75 Å². The zero-order chi connectivity index (χ0) is 12.8. The van der Waals surface area contributed by atoms with Crippen molar-refractivity contribution in [3.63, 3.8) is 0 Å². The van der Waals surface area contributed by atoms with Crippen molar-refractivity contribution in [2.24, 2.45) is 5.73 Å².